The molecule has 0 saturated carbocycles. The Hall–Kier alpha value is -4.96. The molecule has 0 bridgehead atoms. The number of nitrogens with zero attached hydrogens (tertiary/aromatic N) is 2. The van der Waals surface area contributed by atoms with Crippen LogP contribution in [0.25, 0.3) is 61.3 Å². The highest BCUT2D eigenvalue weighted by molar-refractivity contribution is 6.06. The quantitative estimate of drug-likeness (QED) is 0.218. The number of aryl methyl sites for hydroxylation is 2. The number of furan rings is 1. The van der Waals surface area contributed by atoms with E-state index in [1.807, 2.05) is 12.1 Å². The van der Waals surface area contributed by atoms with Gasteiger partial charge in [-0.2, -0.15) is 4.57 Å². The number of benzene rings is 5. The SMILES string of the molecule is Cc1cc2c(cc1-c1n(-c3c(-c4ccccc4)cccc3-c3ccccc3)cc[n+]1C)oc1cc(F)ccc12. The van der Waals surface area contributed by atoms with E-state index in [9.17, 15) is 4.39 Å². The Bertz CT molecular complexity index is 1930. The first-order valence-electron chi connectivity index (χ1n) is 13.0. The van der Waals surface area contributed by atoms with Crippen molar-refractivity contribution in [2.45, 2.75) is 6.92 Å². The van der Waals surface area contributed by atoms with E-state index in [4.69, 9.17) is 4.42 Å². The normalized spacial score (nSPS) is 11.5. The number of halogens is 1. The van der Waals surface area contributed by atoms with Crippen LogP contribution < -0.4 is 4.57 Å². The fourth-order valence-electron chi connectivity index (χ4n) is 5.63. The van der Waals surface area contributed by atoms with Gasteiger partial charge >= 0.3 is 0 Å². The maximum absolute atomic E-state index is 13.9. The maximum Gasteiger partial charge on any atom is 0.294 e. The van der Waals surface area contributed by atoms with Crippen molar-refractivity contribution in [3.63, 3.8) is 0 Å². The number of fused-ring (bicyclic) bond motifs is 3. The molecule has 39 heavy (non-hydrogen) atoms. The molecule has 2 heterocycles. The molecule has 0 atom stereocenters. The highest BCUT2D eigenvalue weighted by Gasteiger charge is 2.27. The van der Waals surface area contributed by atoms with E-state index in [1.165, 1.54) is 12.1 Å². The minimum absolute atomic E-state index is 0.301. The van der Waals surface area contributed by atoms with Gasteiger partial charge in [-0.05, 0) is 47.9 Å². The molecule has 0 radical (unpaired) electrons. The first-order chi connectivity index (χ1) is 19.1. The van der Waals surface area contributed by atoms with E-state index >= 15 is 0 Å². The van der Waals surface area contributed by atoms with Gasteiger partial charge in [0.2, 0.25) is 0 Å². The summed E-state index contributed by atoms with van der Waals surface area (Å²) in [5, 5.41) is 1.91. The zero-order chi connectivity index (χ0) is 26.5. The first-order valence-corrected chi connectivity index (χ1v) is 13.0. The Labute approximate surface area is 226 Å². The molecule has 0 aliphatic carbocycles. The van der Waals surface area contributed by atoms with Crippen LogP contribution in [0.3, 0.4) is 0 Å². The van der Waals surface area contributed by atoms with Gasteiger partial charge in [-0.25, -0.2) is 8.96 Å². The van der Waals surface area contributed by atoms with Gasteiger partial charge in [-0.15, -0.1) is 0 Å². The molecule has 0 N–H and O–H groups in total. The van der Waals surface area contributed by atoms with Crippen LogP contribution in [0.15, 0.2) is 126 Å². The Morgan fingerprint density at radius 2 is 1.31 bits per heavy atom. The minimum atomic E-state index is -0.301. The Balaban J connectivity index is 1.52. The van der Waals surface area contributed by atoms with Crippen molar-refractivity contribution in [2.75, 3.05) is 0 Å². The van der Waals surface area contributed by atoms with Crippen molar-refractivity contribution in [1.82, 2.24) is 4.57 Å². The van der Waals surface area contributed by atoms with Gasteiger partial charge in [0.25, 0.3) is 5.82 Å². The number of hydrogen-bond acceptors (Lipinski definition) is 1. The number of aromatic nitrogens is 2. The monoisotopic (exact) mass is 509 g/mol. The summed E-state index contributed by atoms with van der Waals surface area (Å²) in [6.07, 6.45) is 4.21. The van der Waals surface area contributed by atoms with Crippen LogP contribution in [0, 0.1) is 12.7 Å². The lowest BCUT2D eigenvalue weighted by Gasteiger charge is -2.15. The summed E-state index contributed by atoms with van der Waals surface area (Å²) >= 11 is 0. The summed E-state index contributed by atoms with van der Waals surface area (Å²) < 4.78 is 24.5. The van der Waals surface area contributed by atoms with Crippen LogP contribution in [0.1, 0.15) is 5.56 Å². The van der Waals surface area contributed by atoms with E-state index in [0.717, 1.165) is 61.2 Å². The van der Waals surface area contributed by atoms with Crippen LogP contribution in [0.2, 0.25) is 0 Å². The van der Waals surface area contributed by atoms with Crippen molar-refractivity contribution >= 4 is 21.9 Å². The largest absolute Gasteiger partial charge is 0.456 e. The van der Waals surface area contributed by atoms with E-state index in [2.05, 4.69) is 114 Å². The van der Waals surface area contributed by atoms with Crippen LogP contribution in [0.5, 0.6) is 0 Å². The molecule has 0 spiro atoms. The zero-order valence-electron chi connectivity index (χ0n) is 21.7. The summed E-state index contributed by atoms with van der Waals surface area (Å²) in [6, 6.07) is 36.5. The average Bonchev–Trinajstić information content (AvgIpc) is 3.51. The summed E-state index contributed by atoms with van der Waals surface area (Å²) in [5.74, 6) is 0.728. The number of hydrogen-bond donors (Lipinski definition) is 0. The van der Waals surface area contributed by atoms with Crippen molar-refractivity contribution in [3.05, 3.63) is 133 Å². The first kappa shape index (κ1) is 23.2. The van der Waals surface area contributed by atoms with Gasteiger partial charge in [-0.1, -0.05) is 78.9 Å². The van der Waals surface area contributed by atoms with Gasteiger partial charge in [0.15, 0.2) is 0 Å². The van der Waals surface area contributed by atoms with Crippen LogP contribution >= 0.6 is 0 Å². The predicted octanol–water partition coefficient (Wildman–Crippen LogP) is 8.65. The Kier molecular flexibility index (Phi) is 5.41. The second kappa shape index (κ2) is 9.10. The third-order valence-electron chi connectivity index (χ3n) is 7.47. The molecule has 7 aromatic rings. The number of rotatable bonds is 4. The highest BCUT2D eigenvalue weighted by Crippen LogP contribution is 2.39. The molecule has 0 unspecified atom stereocenters. The Morgan fingerprint density at radius 3 is 1.97 bits per heavy atom. The smallest absolute Gasteiger partial charge is 0.294 e. The number of imidazole rings is 1. The van der Waals surface area contributed by atoms with E-state index in [1.54, 1.807) is 6.07 Å². The molecule has 188 valence electrons. The molecule has 0 amide bonds. The van der Waals surface area contributed by atoms with Crippen molar-refractivity contribution in [3.8, 4) is 39.3 Å². The molecule has 4 heteroatoms. The molecule has 7 rings (SSSR count). The minimum Gasteiger partial charge on any atom is -0.456 e. The Morgan fingerprint density at radius 1 is 0.667 bits per heavy atom. The predicted molar refractivity (Wildman–Crippen MR) is 155 cm³/mol. The lowest BCUT2D eigenvalue weighted by Crippen LogP contribution is -2.29. The van der Waals surface area contributed by atoms with Crippen LogP contribution in [-0.2, 0) is 7.05 Å². The van der Waals surface area contributed by atoms with Gasteiger partial charge in [0, 0.05) is 28.0 Å². The molecular weight excluding hydrogens is 483 g/mol. The lowest BCUT2D eigenvalue weighted by molar-refractivity contribution is -0.659. The van der Waals surface area contributed by atoms with Crippen LogP contribution in [-0.4, -0.2) is 4.57 Å². The van der Waals surface area contributed by atoms with Gasteiger partial charge < -0.3 is 4.42 Å². The van der Waals surface area contributed by atoms with Gasteiger partial charge in [0.05, 0.1) is 12.6 Å². The van der Waals surface area contributed by atoms with Gasteiger partial charge in [0.1, 0.15) is 35.1 Å². The fraction of sp³-hybridized carbons (Fsp3) is 0.0571. The molecule has 3 nitrogen and oxygen atoms in total. The van der Waals surface area contributed by atoms with Crippen LogP contribution in [0.4, 0.5) is 4.39 Å². The molecule has 0 aliphatic heterocycles. The second-order valence-electron chi connectivity index (χ2n) is 9.94. The summed E-state index contributed by atoms with van der Waals surface area (Å²) in [5.41, 5.74) is 9.17. The summed E-state index contributed by atoms with van der Waals surface area (Å²) in [6.45, 7) is 2.12. The van der Waals surface area contributed by atoms with Crippen molar-refractivity contribution in [1.29, 1.82) is 0 Å². The maximum atomic E-state index is 13.9. The van der Waals surface area contributed by atoms with E-state index in [0.29, 0.717) is 5.58 Å². The third-order valence-corrected chi connectivity index (χ3v) is 7.47. The number of para-hydroxylation sites is 1. The molecule has 0 aliphatic rings. The highest BCUT2D eigenvalue weighted by atomic mass is 19.1. The second-order valence-corrected chi connectivity index (χ2v) is 9.94. The standard InChI is InChI=1S/C35H26FN2O/c1-23-20-31-29-17-16-26(36)21-32(29)39-33(31)22-30(23)35-37(2)18-19-38(35)34-27(24-10-5-3-6-11-24)14-9-15-28(34)25-12-7-4-8-13-25/h3-22H,1-2H3/q+1. The molecule has 0 saturated heterocycles. The molecule has 5 aromatic carbocycles. The van der Waals surface area contributed by atoms with Crippen molar-refractivity contribution in [2.24, 2.45) is 7.05 Å². The zero-order valence-corrected chi connectivity index (χ0v) is 21.7. The molecule has 0 fully saturated rings. The topological polar surface area (TPSA) is 21.9 Å². The van der Waals surface area contributed by atoms with Gasteiger partial charge in [-0.3, -0.25) is 0 Å². The summed E-state index contributed by atoms with van der Waals surface area (Å²) in [7, 11) is 2.07. The third kappa shape index (κ3) is 3.84. The average molecular weight is 510 g/mol. The summed E-state index contributed by atoms with van der Waals surface area (Å²) in [4.78, 5) is 0. The lowest BCUT2D eigenvalue weighted by atomic mass is 9.95. The molecular formula is C35H26FN2O+. The molecule has 2 aromatic heterocycles. The van der Waals surface area contributed by atoms with E-state index < -0.39 is 0 Å². The van der Waals surface area contributed by atoms with Crippen molar-refractivity contribution < 1.29 is 13.4 Å². The van der Waals surface area contributed by atoms with E-state index in [-0.39, 0.29) is 5.82 Å². The fourth-order valence-corrected chi connectivity index (χ4v) is 5.63.